The highest BCUT2D eigenvalue weighted by Crippen LogP contribution is 2.28. The first-order valence-electron chi connectivity index (χ1n) is 10.9. The van der Waals surface area contributed by atoms with Gasteiger partial charge in [0.15, 0.2) is 0 Å². The predicted molar refractivity (Wildman–Crippen MR) is 127 cm³/mol. The van der Waals surface area contributed by atoms with Gasteiger partial charge in [0, 0.05) is 11.6 Å². The molecule has 0 saturated carbocycles. The van der Waals surface area contributed by atoms with E-state index in [2.05, 4.69) is 20.4 Å². The molecule has 9 heteroatoms. The molecule has 1 aliphatic rings. The van der Waals surface area contributed by atoms with Crippen molar-refractivity contribution in [3.63, 3.8) is 0 Å². The minimum atomic E-state index is -0.193. The van der Waals surface area contributed by atoms with E-state index >= 15 is 0 Å². The number of nitrogens with one attached hydrogen (secondary N) is 2. The van der Waals surface area contributed by atoms with Crippen LogP contribution in [-0.2, 0) is 24.1 Å². The zero-order valence-corrected chi connectivity index (χ0v) is 18.9. The molecule has 1 amide bonds. The van der Waals surface area contributed by atoms with Crippen LogP contribution in [0, 0.1) is 0 Å². The Morgan fingerprint density at radius 2 is 2.09 bits per heavy atom. The lowest BCUT2D eigenvalue weighted by Crippen LogP contribution is -2.21. The van der Waals surface area contributed by atoms with E-state index in [1.54, 1.807) is 17.4 Å². The number of H-pyrrole nitrogens is 1. The monoisotopic (exact) mass is 461 g/mol. The number of hydrogen-bond donors (Lipinski definition) is 2. The van der Waals surface area contributed by atoms with Crippen LogP contribution in [0.3, 0.4) is 0 Å². The molecule has 0 saturated heterocycles. The van der Waals surface area contributed by atoms with Crippen molar-refractivity contribution >= 4 is 23.1 Å². The van der Waals surface area contributed by atoms with E-state index < -0.39 is 0 Å². The Morgan fingerprint density at radius 3 is 2.85 bits per heavy atom. The van der Waals surface area contributed by atoms with Gasteiger partial charge in [-0.05, 0) is 55.3 Å². The number of carbonyl (C=O) groups is 1. The molecule has 0 atom stereocenters. The summed E-state index contributed by atoms with van der Waals surface area (Å²) in [7, 11) is 0. The van der Waals surface area contributed by atoms with Gasteiger partial charge in [0.25, 0.3) is 5.56 Å². The molecule has 3 heterocycles. The van der Waals surface area contributed by atoms with Crippen LogP contribution < -0.4 is 15.6 Å². The largest absolute Gasteiger partial charge is 0.494 e. The molecule has 4 aromatic rings. The Hall–Kier alpha value is -3.72. The fourth-order valence-corrected chi connectivity index (χ4v) is 4.63. The van der Waals surface area contributed by atoms with Crippen molar-refractivity contribution in [2.75, 3.05) is 11.9 Å². The van der Waals surface area contributed by atoms with Crippen LogP contribution in [0.2, 0.25) is 0 Å². The maximum Gasteiger partial charge on any atom is 0.255 e. The second kappa shape index (κ2) is 9.03. The van der Waals surface area contributed by atoms with E-state index in [1.807, 2.05) is 48.7 Å². The maximum absolute atomic E-state index is 12.9. The molecule has 5 rings (SSSR count). The molecule has 0 aliphatic heterocycles. The first-order chi connectivity index (χ1) is 16.1. The van der Waals surface area contributed by atoms with Gasteiger partial charge < -0.3 is 10.1 Å². The molecule has 8 nitrogen and oxygen atoms in total. The summed E-state index contributed by atoms with van der Waals surface area (Å²) in [6, 6.07) is 13.2. The summed E-state index contributed by atoms with van der Waals surface area (Å²) < 4.78 is 6.96. The number of rotatable bonds is 7. The molecule has 0 bridgehead atoms. The number of aromatic amines is 1. The lowest BCUT2D eigenvalue weighted by atomic mass is 10.1. The molecular weight excluding hydrogens is 438 g/mol. The number of ether oxygens (including phenoxy) is 1. The van der Waals surface area contributed by atoms with Gasteiger partial charge in [-0.1, -0.05) is 18.2 Å². The van der Waals surface area contributed by atoms with E-state index in [0.29, 0.717) is 24.1 Å². The lowest BCUT2D eigenvalue weighted by Gasteiger charge is -2.09. The molecule has 1 aliphatic carbocycles. The molecule has 33 heavy (non-hydrogen) atoms. The van der Waals surface area contributed by atoms with Crippen molar-refractivity contribution < 1.29 is 9.53 Å². The quantitative estimate of drug-likeness (QED) is 0.436. The summed E-state index contributed by atoms with van der Waals surface area (Å²) in [5.74, 6) is 1.34. The van der Waals surface area contributed by atoms with Crippen molar-refractivity contribution in [2.24, 2.45) is 0 Å². The van der Waals surface area contributed by atoms with E-state index in [9.17, 15) is 9.59 Å². The third-order valence-corrected chi connectivity index (χ3v) is 6.37. The van der Waals surface area contributed by atoms with Crippen LogP contribution in [0.1, 0.15) is 30.2 Å². The molecular formula is C24H23N5O3S. The zero-order valence-electron chi connectivity index (χ0n) is 18.1. The molecule has 1 aromatic carbocycles. The number of fused-ring (bicyclic) bond motifs is 1. The summed E-state index contributed by atoms with van der Waals surface area (Å²) >= 11 is 1.55. The standard InChI is InChI=1S/C24H23N5O3S/c1-2-32-16-10-8-15(9-11-16)13-22(30)26-21-14-19(20-7-4-12-33-20)28-29(21)24-25-18-6-3-5-17(18)23(31)27-24/h4,7-12,14H,2-3,5-6,13H2,1H3,(H,26,30)(H,25,27,31). The van der Waals surface area contributed by atoms with Crippen LogP contribution in [0.25, 0.3) is 16.5 Å². The minimum absolute atomic E-state index is 0.146. The fourth-order valence-electron chi connectivity index (χ4n) is 3.95. The third-order valence-electron chi connectivity index (χ3n) is 5.48. The third kappa shape index (κ3) is 4.45. The van der Waals surface area contributed by atoms with Crippen molar-refractivity contribution in [2.45, 2.75) is 32.6 Å². The van der Waals surface area contributed by atoms with Gasteiger partial charge in [-0.2, -0.15) is 9.78 Å². The first kappa shape index (κ1) is 21.1. The zero-order chi connectivity index (χ0) is 22.8. The average molecular weight is 462 g/mol. The summed E-state index contributed by atoms with van der Waals surface area (Å²) in [4.78, 5) is 33.8. The van der Waals surface area contributed by atoms with Crippen LogP contribution >= 0.6 is 11.3 Å². The fraction of sp³-hybridized carbons (Fsp3) is 0.250. The number of aromatic nitrogens is 4. The topological polar surface area (TPSA) is 102 Å². The Kier molecular flexibility index (Phi) is 5.78. The highest BCUT2D eigenvalue weighted by molar-refractivity contribution is 7.13. The number of carbonyl (C=O) groups excluding carboxylic acids is 1. The van der Waals surface area contributed by atoms with Gasteiger partial charge >= 0.3 is 0 Å². The van der Waals surface area contributed by atoms with Crippen LogP contribution in [0.5, 0.6) is 5.75 Å². The highest BCUT2D eigenvalue weighted by Gasteiger charge is 2.21. The van der Waals surface area contributed by atoms with E-state index in [0.717, 1.165) is 46.7 Å². The van der Waals surface area contributed by atoms with Crippen LogP contribution in [-0.4, -0.2) is 32.3 Å². The summed E-state index contributed by atoms with van der Waals surface area (Å²) in [6.45, 7) is 2.52. The molecule has 3 aromatic heterocycles. The van der Waals surface area contributed by atoms with Crippen molar-refractivity contribution in [3.05, 3.63) is 75.0 Å². The molecule has 0 radical (unpaired) electrons. The normalized spacial score (nSPS) is 12.5. The molecule has 168 valence electrons. The molecule has 0 fully saturated rings. The first-order valence-corrected chi connectivity index (χ1v) is 11.8. The number of nitrogens with zero attached hydrogens (tertiary/aromatic N) is 3. The average Bonchev–Trinajstić information content (AvgIpc) is 3.56. The molecule has 0 spiro atoms. The van der Waals surface area contributed by atoms with E-state index in [-0.39, 0.29) is 17.9 Å². The molecule has 2 N–H and O–H groups in total. The number of aryl methyl sites for hydroxylation is 1. The van der Waals surface area contributed by atoms with Crippen molar-refractivity contribution in [3.8, 4) is 22.3 Å². The smallest absolute Gasteiger partial charge is 0.255 e. The Morgan fingerprint density at radius 1 is 1.24 bits per heavy atom. The Labute approximate surface area is 194 Å². The van der Waals surface area contributed by atoms with Gasteiger partial charge in [0.1, 0.15) is 17.3 Å². The highest BCUT2D eigenvalue weighted by atomic mass is 32.1. The van der Waals surface area contributed by atoms with Gasteiger partial charge in [-0.25, -0.2) is 4.98 Å². The van der Waals surface area contributed by atoms with Crippen molar-refractivity contribution in [1.29, 1.82) is 0 Å². The second-order valence-electron chi connectivity index (χ2n) is 7.77. The summed E-state index contributed by atoms with van der Waals surface area (Å²) in [5, 5.41) is 9.55. The second-order valence-corrected chi connectivity index (χ2v) is 8.72. The van der Waals surface area contributed by atoms with Crippen LogP contribution in [0.15, 0.2) is 52.6 Å². The SMILES string of the molecule is CCOc1ccc(CC(=O)Nc2cc(-c3cccs3)nn2-c2nc3c(c(=O)[nH]2)CCC3)cc1. The van der Waals surface area contributed by atoms with E-state index in [4.69, 9.17) is 4.74 Å². The minimum Gasteiger partial charge on any atom is -0.494 e. The van der Waals surface area contributed by atoms with Crippen molar-refractivity contribution in [1.82, 2.24) is 19.7 Å². The Bertz CT molecular complexity index is 1340. The summed E-state index contributed by atoms with van der Waals surface area (Å²) in [6.07, 6.45) is 2.62. The van der Waals surface area contributed by atoms with E-state index in [1.165, 1.54) is 4.68 Å². The van der Waals surface area contributed by atoms with Gasteiger partial charge in [0.2, 0.25) is 11.9 Å². The number of thiophene rings is 1. The predicted octanol–water partition coefficient (Wildman–Crippen LogP) is 3.75. The van der Waals surface area contributed by atoms with Gasteiger partial charge in [-0.15, -0.1) is 11.3 Å². The maximum atomic E-state index is 12.9. The number of hydrogen-bond acceptors (Lipinski definition) is 6. The van der Waals surface area contributed by atoms with Gasteiger partial charge in [0.05, 0.1) is 23.6 Å². The summed E-state index contributed by atoms with van der Waals surface area (Å²) in [5.41, 5.74) is 2.96. The molecule has 0 unspecified atom stereocenters. The number of amides is 1. The van der Waals surface area contributed by atoms with Crippen LogP contribution in [0.4, 0.5) is 5.82 Å². The lowest BCUT2D eigenvalue weighted by molar-refractivity contribution is -0.115. The Balaban J connectivity index is 1.44. The number of anilines is 1. The van der Waals surface area contributed by atoms with Gasteiger partial charge in [-0.3, -0.25) is 14.6 Å². The number of benzene rings is 1.